The molecule has 0 aromatic heterocycles. The van der Waals surface area contributed by atoms with Crippen molar-refractivity contribution in [1.82, 2.24) is 0 Å². The molecule has 274 valence electrons. The topological polar surface area (TPSA) is 40.5 Å². The van der Waals surface area contributed by atoms with Gasteiger partial charge < -0.3 is 10.2 Å². The van der Waals surface area contributed by atoms with Crippen LogP contribution < -0.4 is 6.54 Å². The Morgan fingerprint density at radius 2 is 0.722 bits per heavy atom. The van der Waals surface area contributed by atoms with Crippen molar-refractivity contribution in [3.8, 4) is 11.5 Å². The number of rotatable bonds is 4. The van der Waals surface area contributed by atoms with Crippen LogP contribution in [0.4, 0.5) is 0 Å². The van der Waals surface area contributed by atoms with E-state index in [0.29, 0.717) is 18.8 Å². The first-order chi connectivity index (χ1) is 25.8. The van der Waals surface area contributed by atoms with Gasteiger partial charge in [0.15, 0.2) is 0 Å². The van der Waals surface area contributed by atoms with Crippen molar-refractivity contribution in [3.63, 3.8) is 0 Å². The summed E-state index contributed by atoms with van der Waals surface area (Å²) < 4.78 is 4.00. The van der Waals surface area contributed by atoms with Crippen LogP contribution in [0.15, 0.2) is 145 Å². The number of aromatic hydroxyl groups is 2. The predicted octanol–water partition coefficient (Wildman–Crippen LogP) is 10.8. The molecule has 8 rings (SSSR count). The minimum atomic E-state index is -4.28. The number of allylic oxidation sites excluding steroid dienone is 2. The average molecular weight is 806 g/mol. The van der Waals surface area contributed by atoms with Gasteiger partial charge in [-0.25, -0.2) is 0 Å². The molecule has 0 amide bonds. The van der Waals surface area contributed by atoms with Gasteiger partial charge in [-0.15, -0.1) is 0 Å². The van der Waals surface area contributed by atoms with Gasteiger partial charge in [-0.2, -0.15) is 0 Å². The number of aryl methyl sites for hydroxylation is 6. The molecule has 2 unspecified atom stereocenters. The summed E-state index contributed by atoms with van der Waals surface area (Å²) >= 11 is -4.28. The molecule has 0 bridgehead atoms. The Balaban J connectivity index is 0.000000203. The van der Waals surface area contributed by atoms with E-state index in [4.69, 9.17) is 0 Å². The summed E-state index contributed by atoms with van der Waals surface area (Å²) in [7, 11) is 0. The Labute approximate surface area is 325 Å². The van der Waals surface area contributed by atoms with Gasteiger partial charge in [0.05, 0.1) is 0 Å². The van der Waals surface area contributed by atoms with E-state index in [-0.39, 0.29) is 0 Å². The van der Waals surface area contributed by atoms with Crippen LogP contribution in [0.25, 0.3) is 12.2 Å². The van der Waals surface area contributed by atoms with Crippen LogP contribution in [0.5, 0.6) is 11.5 Å². The summed E-state index contributed by atoms with van der Waals surface area (Å²) in [5.74, 6) is 0.844. The van der Waals surface area contributed by atoms with E-state index in [1.54, 1.807) is 6.54 Å². The van der Waals surface area contributed by atoms with Crippen LogP contribution >= 0.6 is 0 Å². The summed E-state index contributed by atoms with van der Waals surface area (Å²) in [6.07, 6.45) is 4.93. The molecule has 2 nitrogen and oxygen atoms in total. The van der Waals surface area contributed by atoms with Crippen molar-refractivity contribution in [1.29, 1.82) is 0 Å². The first kappa shape index (κ1) is 39.2. The van der Waals surface area contributed by atoms with Crippen LogP contribution in [-0.4, -0.2) is 17.1 Å². The molecule has 0 saturated heterocycles. The Morgan fingerprint density at radius 3 is 1.06 bits per heavy atom. The zero-order valence-electron chi connectivity index (χ0n) is 33.1. The van der Waals surface area contributed by atoms with Gasteiger partial charge in [-0.1, -0.05) is 35.4 Å². The molecule has 0 saturated carbocycles. The van der Waals surface area contributed by atoms with Gasteiger partial charge in [0.1, 0.15) is 11.5 Å². The summed E-state index contributed by atoms with van der Waals surface area (Å²) in [5, 5.41) is 18.7. The molecule has 54 heavy (non-hydrogen) atoms. The van der Waals surface area contributed by atoms with Gasteiger partial charge in [0.2, 0.25) is 0 Å². The molecule has 4 heteroatoms. The molecular weight excluding hydrogens is 752 g/mol. The van der Waals surface area contributed by atoms with E-state index in [1.807, 2.05) is 65.8 Å². The van der Waals surface area contributed by atoms with E-state index in [9.17, 15) is 10.2 Å². The van der Waals surface area contributed by atoms with Crippen molar-refractivity contribution < 1.29 is 27.6 Å². The first-order valence-corrected chi connectivity index (χ1v) is 30.2. The van der Waals surface area contributed by atoms with Crippen LogP contribution in [0, 0.1) is 41.5 Å². The molecule has 0 spiro atoms. The summed E-state index contributed by atoms with van der Waals surface area (Å²) in [6.45, 7) is 18.9. The van der Waals surface area contributed by atoms with Crippen LogP contribution in [-0.2, 0) is 17.4 Å². The summed E-state index contributed by atoms with van der Waals surface area (Å²) in [6, 6.07) is 49.4. The number of fused-ring (bicyclic) bond motifs is 2. The first-order valence-electron chi connectivity index (χ1n) is 19.0. The van der Waals surface area contributed by atoms with Crippen LogP contribution in [0.2, 0.25) is 0 Å². The van der Waals surface area contributed by atoms with Gasteiger partial charge in [-0.05, 0) is 63.8 Å². The van der Waals surface area contributed by atoms with Gasteiger partial charge in [0, 0.05) is 0 Å². The maximum Gasteiger partial charge on any atom is 0.121 e. The predicted molar refractivity (Wildman–Crippen MR) is 231 cm³/mol. The number of benzene rings is 6. The Bertz CT molecular complexity index is 2240. The Kier molecular flexibility index (Phi) is 11.4. The molecule has 6 aromatic carbocycles. The van der Waals surface area contributed by atoms with Gasteiger partial charge in [0.25, 0.3) is 0 Å². The molecule has 0 aliphatic heterocycles. The SMILES string of the molecule is CC1=Cc2ccccc2[CH]1[Zr](=[SiH2])([c]1ccccc1)([c]1ccccc1)[CH]1C(C)=Cc2ccccc21.Cc1cc(C)c(O)c(C)c1.Cc1cc(C)c(O)c(C)c1. The van der Waals surface area contributed by atoms with Crippen molar-refractivity contribution in [2.75, 3.05) is 0 Å². The zero-order valence-corrected chi connectivity index (χ0v) is 37.0. The normalized spacial score (nSPS) is 15.8. The fraction of sp³-hybridized carbons (Fsp3) is 0.200. The molecule has 2 aliphatic rings. The molecule has 0 radical (unpaired) electrons. The minimum Gasteiger partial charge on any atom is -0.507 e. The molecule has 2 aliphatic carbocycles. The third-order valence-corrected chi connectivity index (χ3v) is 40.0. The standard InChI is InChI=1S/2C10H9.2C9H12O.2C6H5.H2Si.Zr/c2*1-8-6-9-4-2-3-5-10(9)7-8;2*1-6-4-7(2)9(10)8(3)5-6;2*1-2-4-6-5-3-1;;/h2*2-7H,1H3;2*4-5,10H,1-3H3;2*1-5H;1H2;. The van der Waals surface area contributed by atoms with E-state index in [2.05, 4.69) is 142 Å². The largest absolute Gasteiger partial charge is 0.507 e. The molecule has 2 atom stereocenters. The van der Waals surface area contributed by atoms with Crippen LogP contribution in [0.3, 0.4) is 0 Å². The summed E-state index contributed by atoms with van der Waals surface area (Å²) in [5.41, 5.74) is 15.1. The molecule has 0 fully saturated rings. The third kappa shape index (κ3) is 6.96. The van der Waals surface area contributed by atoms with Gasteiger partial charge in [-0.3, -0.25) is 0 Å². The zero-order chi connectivity index (χ0) is 38.8. The fourth-order valence-corrected chi connectivity index (χ4v) is 39.0. The summed E-state index contributed by atoms with van der Waals surface area (Å²) in [4.78, 5) is 0. The second kappa shape index (κ2) is 15.7. The van der Waals surface area contributed by atoms with Crippen molar-refractivity contribution >= 4 is 25.6 Å². The fourth-order valence-electron chi connectivity index (χ4n) is 9.72. The number of hydrogen-bond acceptors (Lipinski definition) is 2. The molecule has 6 aromatic rings. The average Bonchev–Trinajstić information content (AvgIpc) is 3.70. The smallest absolute Gasteiger partial charge is 0.121 e. The van der Waals surface area contributed by atoms with E-state index in [1.165, 1.54) is 44.5 Å². The number of hydrogen-bond donors (Lipinski definition) is 2. The molecular formula is C50H54O2SiZr. The quantitative estimate of drug-likeness (QED) is 0.174. The Morgan fingerprint density at radius 1 is 0.426 bits per heavy atom. The van der Waals surface area contributed by atoms with Gasteiger partial charge >= 0.3 is 207 Å². The number of phenolic OH excluding ortho intramolecular Hbond substituents is 2. The second-order valence-corrected chi connectivity index (χ2v) is 38.5. The maximum absolute atomic E-state index is 9.33. The maximum atomic E-state index is 9.33. The Hall–Kier alpha value is -4.50. The third-order valence-electron chi connectivity index (χ3n) is 11.8. The molecule has 0 heterocycles. The van der Waals surface area contributed by atoms with Crippen molar-refractivity contribution in [2.24, 2.45) is 0 Å². The minimum absolute atomic E-state index is 0.417. The number of phenols is 2. The van der Waals surface area contributed by atoms with E-state index < -0.39 is 17.4 Å². The monoisotopic (exact) mass is 804 g/mol. The van der Waals surface area contributed by atoms with E-state index in [0.717, 1.165) is 22.3 Å². The second-order valence-electron chi connectivity index (χ2n) is 15.8. The van der Waals surface area contributed by atoms with E-state index >= 15 is 0 Å². The van der Waals surface area contributed by atoms with Crippen LogP contribution in [0.1, 0.15) is 76.7 Å². The van der Waals surface area contributed by atoms with Crippen molar-refractivity contribution in [3.05, 3.63) is 200 Å². The molecule has 2 N–H and O–H groups in total. The van der Waals surface area contributed by atoms with Crippen molar-refractivity contribution in [2.45, 2.75) is 62.6 Å².